The molecule has 0 aliphatic carbocycles. The number of anilines is 1. The Labute approximate surface area is 118 Å². The van der Waals surface area contributed by atoms with Gasteiger partial charge in [0.25, 0.3) is 5.56 Å². The smallest absolute Gasteiger partial charge is 0.287 e. The molecule has 19 heavy (non-hydrogen) atoms. The molecule has 0 aromatic carbocycles. The third-order valence-electron chi connectivity index (χ3n) is 2.30. The summed E-state index contributed by atoms with van der Waals surface area (Å²) in [7, 11) is 0. The van der Waals surface area contributed by atoms with E-state index >= 15 is 0 Å². The van der Waals surface area contributed by atoms with Gasteiger partial charge in [0.2, 0.25) is 0 Å². The van der Waals surface area contributed by atoms with Crippen molar-refractivity contribution in [2.45, 2.75) is 20.4 Å². The van der Waals surface area contributed by atoms with Crippen LogP contribution in [0.2, 0.25) is 5.02 Å². The molecule has 1 heterocycles. The maximum absolute atomic E-state index is 11.8. The number of hydrogen-bond acceptors (Lipinski definition) is 4. The second-order valence-corrected chi connectivity index (χ2v) is 4.92. The van der Waals surface area contributed by atoms with Crippen LogP contribution >= 0.6 is 11.6 Å². The lowest BCUT2D eigenvalue weighted by atomic mass is 10.2. The van der Waals surface area contributed by atoms with E-state index in [1.807, 2.05) is 0 Å². The van der Waals surface area contributed by atoms with E-state index in [9.17, 15) is 4.79 Å². The summed E-state index contributed by atoms with van der Waals surface area (Å²) in [5.74, 6) is 0.507. The molecule has 0 aliphatic heterocycles. The molecule has 106 valence electrons. The van der Waals surface area contributed by atoms with Gasteiger partial charge < -0.3 is 10.1 Å². The summed E-state index contributed by atoms with van der Waals surface area (Å²) in [5.41, 5.74) is 0.204. The second-order valence-electron chi connectivity index (χ2n) is 4.54. The fraction of sp³-hybridized carbons (Fsp3) is 0.538. The number of rotatable bonds is 8. The molecule has 1 aromatic rings. The minimum absolute atomic E-state index is 0.140. The van der Waals surface area contributed by atoms with Crippen molar-refractivity contribution in [3.8, 4) is 0 Å². The Balaban J connectivity index is 2.53. The van der Waals surface area contributed by atoms with E-state index in [0.717, 1.165) is 0 Å². The van der Waals surface area contributed by atoms with Crippen LogP contribution in [0.4, 0.5) is 5.69 Å². The molecule has 0 spiro atoms. The van der Waals surface area contributed by atoms with E-state index in [2.05, 4.69) is 30.8 Å². The summed E-state index contributed by atoms with van der Waals surface area (Å²) in [6.07, 6.45) is 3.13. The molecule has 1 N–H and O–H groups in total. The van der Waals surface area contributed by atoms with E-state index in [1.165, 1.54) is 10.9 Å². The molecule has 0 atom stereocenters. The van der Waals surface area contributed by atoms with Gasteiger partial charge in [0, 0.05) is 13.2 Å². The van der Waals surface area contributed by atoms with Crippen LogP contribution in [-0.4, -0.2) is 29.5 Å². The van der Waals surface area contributed by atoms with Crippen LogP contribution < -0.4 is 10.9 Å². The normalized spacial score (nSPS) is 10.7. The molecule has 0 saturated carbocycles. The molecule has 1 rings (SSSR count). The third-order valence-corrected chi connectivity index (χ3v) is 2.67. The Kier molecular flexibility index (Phi) is 6.59. The van der Waals surface area contributed by atoms with Crippen LogP contribution in [-0.2, 0) is 11.3 Å². The lowest BCUT2D eigenvalue weighted by molar-refractivity contribution is 0.118. The first-order valence-corrected chi connectivity index (χ1v) is 6.62. The number of nitrogens with one attached hydrogen (secondary N) is 1. The number of halogens is 1. The minimum Gasteiger partial charge on any atom is -0.380 e. The molecule has 0 amide bonds. The van der Waals surface area contributed by atoms with Crippen molar-refractivity contribution < 1.29 is 4.74 Å². The highest BCUT2D eigenvalue weighted by Crippen LogP contribution is 2.14. The quantitative estimate of drug-likeness (QED) is 0.587. The van der Waals surface area contributed by atoms with Crippen molar-refractivity contribution in [2.24, 2.45) is 5.92 Å². The van der Waals surface area contributed by atoms with E-state index in [1.54, 1.807) is 6.08 Å². The summed E-state index contributed by atoms with van der Waals surface area (Å²) >= 11 is 5.99. The Morgan fingerprint density at radius 3 is 3.00 bits per heavy atom. The molecule has 0 radical (unpaired) electrons. The van der Waals surface area contributed by atoms with Gasteiger partial charge in [-0.3, -0.25) is 4.79 Å². The van der Waals surface area contributed by atoms with Crippen LogP contribution in [0.1, 0.15) is 13.8 Å². The first-order chi connectivity index (χ1) is 9.06. The maximum atomic E-state index is 11.8. The van der Waals surface area contributed by atoms with Gasteiger partial charge in [0.05, 0.1) is 25.0 Å². The molecule has 6 heteroatoms. The number of ether oxygens (including phenoxy) is 1. The largest absolute Gasteiger partial charge is 0.380 e. The number of hydrogen-bond donors (Lipinski definition) is 1. The van der Waals surface area contributed by atoms with Gasteiger partial charge >= 0.3 is 0 Å². The van der Waals surface area contributed by atoms with Crippen molar-refractivity contribution >= 4 is 17.3 Å². The molecular formula is C13H20ClN3O2. The summed E-state index contributed by atoms with van der Waals surface area (Å²) in [6, 6.07) is 0. The van der Waals surface area contributed by atoms with E-state index in [4.69, 9.17) is 16.3 Å². The summed E-state index contributed by atoms with van der Waals surface area (Å²) in [5, 5.41) is 7.18. The fourth-order valence-corrected chi connectivity index (χ4v) is 1.63. The zero-order valence-corrected chi connectivity index (χ0v) is 12.1. The molecule has 0 bridgehead atoms. The predicted octanol–water partition coefficient (Wildman–Crippen LogP) is 2.17. The Bertz CT molecular complexity index is 471. The minimum atomic E-state index is -0.324. The molecule has 1 aromatic heterocycles. The lowest BCUT2D eigenvalue weighted by Gasteiger charge is -2.10. The van der Waals surface area contributed by atoms with Gasteiger partial charge in [0.1, 0.15) is 5.02 Å². The monoisotopic (exact) mass is 285 g/mol. The Morgan fingerprint density at radius 2 is 2.37 bits per heavy atom. The van der Waals surface area contributed by atoms with Gasteiger partial charge in [0.15, 0.2) is 0 Å². The zero-order chi connectivity index (χ0) is 14.3. The van der Waals surface area contributed by atoms with Gasteiger partial charge in [-0.1, -0.05) is 31.5 Å². The van der Waals surface area contributed by atoms with E-state index < -0.39 is 0 Å². The van der Waals surface area contributed by atoms with E-state index in [-0.39, 0.29) is 10.6 Å². The zero-order valence-electron chi connectivity index (χ0n) is 11.4. The topological polar surface area (TPSA) is 56.1 Å². The van der Waals surface area contributed by atoms with Crippen molar-refractivity contribution in [1.29, 1.82) is 0 Å². The molecule has 0 fully saturated rings. The molecule has 0 unspecified atom stereocenters. The first kappa shape index (κ1) is 15.7. The van der Waals surface area contributed by atoms with Crippen molar-refractivity contribution in [2.75, 3.05) is 25.1 Å². The van der Waals surface area contributed by atoms with Gasteiger partial charge in [-0.05, 0) is 5.92 Å². The summed E-state index contributed by atoms with van der Waals surface area (Å²) in [4.78, 5) is 11.8. The number of nitrogens with zero attached hydrogens (tertiary/aromatic N) is 2. The van der Waals surface area contributed by atoms with Crippen LogP contribution in [0, 0.1) is 5.92 Å². The second kappa shape index (κ2) is 7.96. The standard InChI is InChI=1S/C13H20ClN3O2/c1-4-6-17-13(18)12(14)11(8-16-17)15-5-7-19-9-10(2)3/h4,8,10,15H,1,5-7,9H2,2-3H3. The highest BCUT2D eigenvalue weighted by Gasteiger charge is 2.07. The van der Waals surface area contributed by atoms with Crippen LogP contribution in [0.3, 0.4) is 0 Å². The summed E-state index contributed by atoms with van der Waals surface area (Å²) in [6.45, 7) is 9.94. The highest BCUT2D eigenvalue weighted by atomic mass is 35.5. The maximum Gasteiger partial charge on any atom is 0.287 e. The van der Waals surface area contributed by atoms with Crippen LogP contribution in [0.25, 0.3) is 0 Å². The van der Waals surface area contributed by atoms with Gasteiger partial charge in [-0.25, -0.2) is 4.68 Å². The average molecular weight is 286 g/mol. The molecule has 5 nitrogen and oxygen atoms in total. The van der Waals surface area contributed by atoms with Gasteiger partial charge in [-0.2, -0.15) is 5.10 Å². The van der Waals surface area contributed by atoms with Crippen molar-refractivity contribution in [1.82, 2.24) is 9.78 Å². The van der Waals surface area contributed by atoms with Crippen molar-refractivity contribution in [3.63, 3.8) is 0 Å². The fourth-order valence-electron chi connectivity index (χ4n) is 1.42. The molecule has 0 saturated heterocycles. The lowest BCUT2D eigenvalue weighted by Crippen LogP contribution is -2.24. The highest BCUT2D eigenvalue weighted by molar-refractivity contribution is 6.32. The number of allylic oxidation sites excluding steroid dienone is 1. The number of aromatic nitrogens is 2. The van der Waals surface area contributed by atoms with Crippen LogP contribution in [0.5, 0.6) is 0 Å². The molecule has 0 aliphatic rings. The Morgan fingerprint density at radius 1 is 1.63 bits per heavy atom. The van der Waals surface area contributed by atoms with Crippen molar-refractivity contribution in [3.05, 3.63) is 34.2 Å². The predicted molar refractivity (Wildman–Crippen MR) is 77.9 cm³/mol. The SMILES string of the molecule is C=CCn1ncc(NCCOCC(C)C)c(Cl)c1=O. The Hall–Kier alpha value is -1.33. The summed E-state index contributed by atoms with van der Waals surface area (Å²) < 4.78 is 6.69. The average Bonchev–Trinajstić information content (AvgIpc) is 2.37. The van der Waals surface area contributed by atoms with Gasteiger partial charge in [-0.15, -0.1) is 6.58 Å². The first-order valence-electron chi connectivity index (χ1n) is 6.24. The third kappa shape index (κ3) is 5.04. The van der Waals surface area contributed by atoms with E-state index in [0.29, 0.717) is 37.9 Å². The molecular weight excluding hydrogens is 266 g/mol. The van der Waals surface area contributed by atoms with Crippen LogP contribution in [0.15, 0.2) is 23.6 Å².